The molecule has 1 saturated heterocycles. The second kappa shape index (κ2) is 10.7. The number of hydrogen-bond donors (Lipinski definition) is 1. The van der Waals surface area contributed by atoms with Gasteiger partial charge in [-0.15, -0.1) is 0 Å². The third-order valence-corrected chi connectivity index (χ3v) is 6.50. The van der Waals surface area contributed by atoms with Crippen LogP contribution in [-0.4, -0.2) is 48.0 Å². The van der Waals surface area contributed by atoms with E-state index < -0.39 is 0 Å². The summed E-state index contributed by atoms with van der Waals surface area (Å²) >= 11 is 0. The molecule has 2 aromatic carbocycles. The number of piperidine rings is 1. The van der Waals surface area contributed by atoms with Crippen LogP contribution in [0.25, 0.3) is 0 Å². The summed E-state index contributed by atoms with van der Waals surface area (Å²) in [5.74, 6) is 1.54. The summed E-state index contributed by atoms with van der Waals surface area (Å²) in [6, 6.07) is 16.2. The van der Waals surface area contributed by atoms with E-state index in [1.165, 1.54) is 11.1 Å². The number of nitrogens with one attached hydrogen (secondary N) is 1. The van der Waals surface area contributed by atoms with Gasteiger partial charge in [-0.2, -0.15) is 0 Å². The van der Waals surface area contributed by atoms with Crippen LogP contribution in [0.1, 0.15) is 43.4 Å². The molecule has 176 valence electrons. The Kier molecular flexibility index (Phi) is 7.53. The first-order valence-electron chi connectivity index (χ1n) is 12.1. The lowest BCUT2D eigenvalue weighted by Crippen LogP contribution is -2.48. The molecule has 33 heavy (non-hydrogen) atoms. The smallest absolute Gasteiger partial charge is 0.317 e. The van der Waals surface area contributed by atoms with Gasteiger partial charge in [0.1, 0.15) is 5.75 Å². The van der Waals surface area contributed by atoms with Crippen molar-refractivity contribution in [3.63, 3.8) is 0 Å². The number of benzene rings is 2. The predicted octanol–water partition coefficient (Wildman–Crippen LogP) is 4.23. The maximum absolute atomic E-state index is 13.1. The topological polar surface area (TPSA) is 61.9 Å². The number of carbonyl (C=O) groups is 2. The van der Waals surface area contributed by atoms with Crippen molar-refractivity contribution in [3.8, 4) is 5.75 Å². The number of hydrogen-bond acceptors (Lipinski definition) is 3. The van der Waals surface area contributed by atoms with Crippen LogP contribution in [0.5, 0.6) is 5.75 Å². The van der Waals surface area contributed by atoms with E-state index in [1.54, 1.807) is 0 Å². The molecule has 0 unspecified atom stereocenters. The molecule has 6 nitrogen and oxygen atoms in total. The van der Waals surface area contributed by atoms with Gasteiger partial charge in [0.15, 0.2) is 0 Å². The standard InChI is InChI=1S/C27H35N3O3/c1-20(2)19-33-25-9-5-6-21(16-25)17-28-27(32)29-13-11-23(12-14-29)26(31)30-15-10-22-7-3-4-8-24(22)18-30/h3-9,16,20,23H,10-15,17-19H2,1-2H3,(H,28,32). The second-order valence-electron chi connectivity index (χ2n) is 9.55. The van der Waals surface area contributed by atoms with Gasteiger partial charge >= 0.3 is 6.03 Å². The Morgan fingerprint density at radius 2 is 1.76 bits per heavy atom. The van der Waals surface area contributed by atoms with Crippen molar-refractivity contribution in [1.82, 2.24) is 15.1 Å². The van der Waals surface area contributed by atoms with Gasteiger partial charge in [-0.25, -0.2) is 4.79 Å². The second-order valence-corrected chi connectivity index (χ2v) is 9.55. The Morgan fingerprint density at radius 3 is 2.52 bits per heavy atom. The first-order chi connectivity index (χ1) is 16.0. The lowest BCUT2D eigenvalue weighted by molar-refractivity contribution is -0.137. The molecule has 1 N–H and O–H groups in total. The maximum atomic E-state index is 13.1. The molecule has 0 atom stereocenters. The molecule has 2 aliphatic rings. The van der Waals surface area contributed by atoms with Gasteiger partial charge in [0.25, 0.3) is 0 Å². The molecule has 6 heteroatoms. The first-order valence-corrected chi connectivity index (χ1v) is 12.1. The summed E-state index contributed by atoms with van der Waals surface area (Å²) in [4.78, 5) is 29.6. The summed E-state index contributed by atoms with van der Waals surface area (Å²) in [5, 5.41) is 3.02. The molecule has 2 aliphatic heterocycles. The fraction of sp³-hybridized carbons (Fsp3) is 0.481. The molecule has 2 heterocycles. The summed E-state index contributed by atoms with van der Waals surface area (Å²) < 4.78 is 5.78. The quantitative estimate of drug-likeness (QED) is 0.718. The highest BCUT2D eigenvalue weighted by Gasteiger charge is 2.31. The van der Waals surface area contributed by atoms with Crippen LogP contribution in [0.3, 0.4) is 0 Å². The summed E-state index contributed by atoms with van der Waals surface area (Å²) in [6.07, 6.45) is 2.37. The lowest BCUT2D eigenvalue weighted by Gasteiger charge is -2.36. The minimum absolute atomic E-state index is 0.00843. The molecule has 0 aromatic heterocycles. The maximum Gasteiger partial charge on any atom is 0.317 e. The zero-order valence-corrected chi connectivity index (χ0v) is 19.8. The van der Waals surface area contributed by atoms with Crippen molar-refractivity contribution in [3.05, 3.63) is 65.2 Å². The van der Waals surface area contributed by atoms with Gasteiger partial charge in [-0.3, -0.25) is 4.79 Å². The number of rotatable bonds is 6. The van der Waals surface area contributed by atoms with Gasteiger partial charge in [0.2, 0.25) is 5.91 Å². The van der Waals surface area contributed by atoms with Crippen molar-refractivity contribution < 1.29 is 14.3 Å². The molecular weight excluding hydrogens is 414 g/mol. The SMILES string of the molecule is CC(C)COc1cccc(CNC(=O)N2CCC(C(=O)N3CCc4ccccc4C3)CC2)c1. The van der Waals surface area contributed by atoms with Crippen molar-refractivity contribution in [1.29, 1.82) is 0 Å². The van der Waals surface area contributed by atoms with Crippen LogP contribution in [0.15, 0.2) is 48.5 Å². The lowest BCUT2D eigenvalue weighted by atomic mass is 9.93. The first kappa shape index (κ1) is 23.1. The highest BCUT2D eigenvalue weighted by Crippen LogP contribution is 2.25. The van der Waals surface area contributed by atoms with Gasteiger partial charge in [-0.05, 0) is 54.0 Å². The Balaban J connectivity index is 1.22. The molecule has 0 bridgehead atoms. The number of likely N-dealkylation sites (tertiary alicyclic amines) is 1. The number of carbonyl (C=O) groups excluding carboxylic acids is 2. The molecule has 0 spiro atoms. The van der Waals surface area contributed by atoms with Crippen molar-refractivity contribution >= 4 is 11.9 Å². The van der Waals surface area contributed by atoms with E-state index in [9.17, 15) is 9.59 Å². The van der Waals surface area contributed by atoms with E-state index in [1.807, 2.05) is 40.1 Å². The fourth-order valence-electron chi connectivity index (χ4n) is 4.57. The van der Waals surface area contributed by atoms with Crippen molar-refractivity contribution in [2.45, 2.75) is 46.2 Å². The number of nitrogens with zero attached hydrogens (tertiary/aromatic N) is 2. The van der Waals surface area contributed by atoms with E-state index in [-0.39, 0.29) is 17.9 Å². The number of urea groups is 1. The molecule has 1 fully saturated rings. The Morgan fingerprint density at radius 1 is 1.00 bits per heavy atom. The van der Waals surface area contributed by atoms with E-state index in [2.05, 4.69) is 37.4 Å². The molecule has 0 radical (unpaired) electrons. The van der Waals surface area contributed by atoms with Crippen LogP contribution in [0.4, 0.5) is 4.79 Å². The predicted molar refractivity (Wildman–Crippen MR) is 129 cm³/mol. The largest absolute Gasteiger partial charge is 0.493 e. The van der Waals surface area contributed by atoms with Crippen LogP contribution < -0.4 is 10.1 Å². The van der Waals surface area contributed by atoms with E-state index >= 15 is 0 Å². The van der Waals surface area contributed by atoms with E-state index in [4.69, 9.17) is 4.74 Å². The van der Waals surface area contributed by atoms with Gasteiger partial charge in [-0.1, -0.05) is 50.2 Å². The van der Waals surface area contributed by atoms with Crippen molar-refractivity contribution in [2.75, 3.05) is 26.2 Å². The van der Waals surface area contributed by atoms with Gasteiger partial charge in [0, 0.05) is 38.6 Å². The summed E-state index contributed by atoms with van der Waals surface area (Å²) in [5.41, 5.74) is 3.62. The zero-order chi connectivity index (χ0) is 23.2. The molecule has 2 aromatic rings. The number of ether oxygens (including phenoxy) is 1. The van der Waals surface area contributed by atoms with E-state index in [0.29, 0.717) is 38.7 Å². The minimum atomic E-state index is -0.0682. The fourth-order valence-corrected chi connectivity index (χ4v) is 4.57. The van der Waals surface area contributed by atoms with Crippen molar-refractivity contribution in [2.24, 2.45) is 11.8 Å². The van der Waals surface area contributed by atoms with Crippen LogP contribution in [0.2, 0.25) is 0 Å². The average molecular weight is 450 g/mol. The average Bonchev–Trinajstić information content (AvgIpc) is 2.85. The highest BCUT2D eigenvalue weighted by molar-refractivity contribution is 5.80. The third kappa shape index (κ3) is 6.06. The monoisotopic (exact) mass is 449 g/mol. The van der Waals surface area contributed by atoms with E-state index in [0.717, 1.165) is 37.1 Å². The minimum Gasteiger partial charge on any atom is -0.493 e. The third-order valence-electron chi connectivity index (χ3n) is 6.50. The zero-order valence-electron chi connectivity index (χ0n) is 19.8. The van der Waals surface area contributed by atoms with Gasteiger partial charge in [0.05, 0.1) is 6.61 Å². The summed E-state index contributed by atoms with van der Waals surface area (Å²) in [6.45, 7) is 8.09. The molecule has 0 saturated carbocycles. The number of fused-ring (bicyclic) bond motifs is 1. The van der Waals surface area contributed by atoms with Crippen LogP contribution in [0, 0.1) is 11.8 Å². The van der Waals surface area contributed by atoms with Gasteiger partial charge < -0.3 is 19.9 Å². The summed E-state index contributed by atoms with van der Waals surface area (Å²) in [7, 11) is 0. The Labute approximate surface area is 196 Å². The normalized spacial score (nSPS) is 16.5. The van der Waals surface area contributed by atoms with Crippen LogP contribution in [-0.2, 0) is 24.3 Å². The molecule has 3 amide bonds. The Hall–Kier alpha value is -3.02. The molecule has 4 rings (SSSR count). The molecule has 0 aliphatic carbocycles. The Bertz CT molecular complexity index is 967. The highest BCUT2D eigenvalue weighted by atomic mass is 16.5. The number of amides is 3. The molecular formula is C27H35N3O3. The van der Waals surface area contributed by atoms with Crippen LogP contribution >= 0.6 is 0 Å².